The maximum atomic E-state index is 11.6. The topological polar surface area (TPSA) is 105 Å². The average molecular weight is 421 g/mol. The molecule has 2 aromatic rings. The van der Waals surface area contributed by atoms with Gasteiger partial charge in [-0.25, -0.2) is 4.79 Å². The van der Waals surface area contributed by atoms with Crippen LogP contribution in [0.3, 0.4) is 0 Å². The van der Waals surface area contributed by atoms with Crippen molar-refractivity contribution in [2.75, 3.05) is 33.8 Å². The number of carbonyl (C=O) groups excluding carboxylic acids is 1. The number of amides is 1. The van der Waals surface area contributed by atoms with Gasteiger partial charge in [0.1, 0.15) is 0 Å². The van der Waals surface area contributed by atoms with Gasteiger partial charge in [-0.1, -0.05) is 16.8 Å². The van der Waals surface area contributed by atoms with Crippen LogP contribution in [0.25, 0.3) is 11.4 Å². The first-order chi connectivity index (χ1) is 14.1. The summed E-state index contributed by atoms with van der Waals surface area (Å²) in [4.78, 5) is 21.9. The Morgan fingerprint density at radius 2 is 2.07 bits per heavy atom. The van der Waals surface area contributed by atoms with Crippen molar-refractivity contribution in [3.8, 4) is 11.4 Å². The summed E-state index contributed by atoms with van der Waals surface area (Å²) in [5, 5.41) is 11.3. The zero-order valence-electron chi connectivity index (χ0n) is 16.5. The number of carbonyl (C=O) groups is 1. The van der Waals surface area contributed by atoms with Crippen LogP contribution in [-0.2, 0) is 11.2 Å². The molecular formula is C19H25ClN6O3. The highest BCUT2D eigenvalue weighted by atomic mass is 35.5. The number of halogens is 1. The van der Waals surface area contributed by atoms with Crippen molar-refractivity contribution in [3.05, 3.63) is 35.2 Å². The molecule has 3 rings (SSSR count). The number of piperidine rings is 1. The predicted molar refractivity (Wildman–Crippen MR) is 110 cm³/mol. The molecule has 1 fully saturated rings. The minimum atomic E-state index is -0.275. The van der Waals surface area contributed by atoms with E-state index in [4.69, 9.17) is 20.9 Å². The van der Waals surface area contributed by atoms with Gasteiger partial charge >= 0.3 is 6.09 Å². The lowest BCUT2D eigenvalue weighted by molar-refractivity contribution is 0.111. The highest BCUT2D eigenvalue weighted by Crippen LogP contribution is 2.18. The van der Waals surface area contributed by atoms with Crippen LogP contribution >= 0.6 is 11.6 Å². The van der Waals surface area contributed by atoms with Crippen LogP contribution in [0.4, 0.5) is 4.79 Å². The summed E-state index contributed by atoms with van der Waals surface area (Å²) in [6.45, 7) is 1.93. The van der Waals surface area contributed by atoms with E-state index in [-0.39, 0.29) is 12.1 Å². The Hall–Kier alpha value is -2.81. The standard InChI is InChI=1S/C19H25ClN6O3/c1-21-18(23-15-8-11-26(12-9-15)19(27)28-2)22-10-7-16-24-17(25-29-16)13-3-5-14(20)6-4-13/h3-6,15H,7-12H2,1-2H3,(H2,21,22,23). The number of aliphatic imine (C=N–C) groups is 1. The molecule has 0 radical (unpaired) electrons. The van der Waals surface area contributed by atoms with Crippen molar-refractivity contribution in [3.63, 3.8) is 0 Å². The Labute approximate surface area is 174 Å². The summed E-state index contributed by atoms with van der Waals surface area (Å²) in [5.74, 6) is 1.79. The molecule has 0 bridgehead atoms. The minimum absolute atomic E-state index is 0.252. The number of rotatable bonds is 5. The lowest BCUT2D eigenvalue weighted by Gasteiger charge is -2.32. The Balaban J connectivity index is 1.43. The van der Waals surface area contributed by atoms with Gasteiger partial charge in [-0.15, -0.1) is 0 Å². The Morgan fingerprint density at radius 3 is 2.72 bits per heavy atom. The van der Waals surface area contributed by atoms with Crippen LogP contribution in [0.5, 0.6) is 0 Å². The molecule has 1 aliphatic rings. The lowest BCUT2D eigenvalue weighted by atomic mass is 10.1. The monoisotopic (exact) mass is 420 g/mol. The molecule has 1 aromatic heterocycles. The summed E-state index contributed by atoms with van der Waals surface area (Å²) >= 11 is 5.90. The van der Waals surface area contributed by atoms with E-state index in [1.165, 1.54) is 7.11 Å². The minimum Gasteiger partial charge on any atom is -0.453 e. The van der Waals surface area contributed by atoms with Gasteiger partial charge in [-0.2, -0.15) is 4.98 Å². The maximum Gasteiger partial charge on any atom is 0.409 e. The third kappa shape index (κ3) is 5.83. The number of nitrogens with zero attached hydrogens (tertiary/aromatic N) is 4. The van der Waals surface area contributed by atoms with Crippen LogP contribution in [0.1, 0.15) is 18.7 Å². The molecule has 1 aromatic carbocycles. The van der Waals surface area contributed by atoms with Crippen molar-refractivity contribution in [1.29, 1.82) is 0 Å². The molecule has 156 valence electrons. The molecule has 0 aliphatic carbocycles. The van der Waals surface area contributed by atoms with E-state index in [1.54, 1.807) is 24.1 Å². The van der Waals surface area contributed by atoms with Gasteiger partial charge in [0.05, 0.1) is 7.11 Å². The maximum absolute atomic E-state index is 11.6. The number of ether oxygens (including phenoxy) is 1. The summed E-state index contributed by atoms with van der Waals surface area (Å²) in [6, 6.07) is 7.54. The summed E-state index contributed by atoms with van der Waals surface area (Å²) in [6.07, 6.45) is 1.97. The average Bonchev–Trinajstić information content (AvgIpc) is 3.22. The van der Waals surface area contributed by atoms with Crippen molar-refractivity contribution in [1.82, 2.24) is 25.7 Å². The van der Waals surface area contributed by atoms with Crippen molar-refractivity contribution in [2.24, 2.45) is 4.99 Å². The normalized spacial score (nSPS) is 15.3. The number of benzene rings is 1. The van der Waals surface area contributed by atoms with E-state index in [2.05, 4.69) is 25.8 Å². The van der Waals surface area contributed by atoms with Gasteiger partial charge < -0.3 is 24.8 Å². The fourth-order valence-electron chi connectivity index (χ4n) is 3.08. The Morgan fingerprint density at radius 1 is 1.34 bits per heavy atom. The molecule has 2 heterocycles. The molecule has 1 saturated heterocycles. The Bertz CT molecular complexity index is 831. The second-order valence-electron chi connectivity index (χ2n) is 6.64. The summed E-state index contributed by atoms with van der Waals surface area (Å²) in [5.41, 5.74) is 0.855. The Kier molecular flexibility index (Phi) is 7.29. The second kappa shape index (κ2) is 10.1. The molecule has 0 spiro atoms. The number of nitrogens with one attached hydrogen (secondary N) is 2. The van der Waals surface area contributed by atoms with E-state index >= 15 is 0 Å². The molecule has 0 unspecified atom stereocenters. The van der Waals surface area contributed by atoms with Gasteiger partial charge in [0.2, 0.25) is 11.7 Å². The third-order valence-electron chi connectivity index (χ3n) is 4.69. The van der Waals surface area contributed by atoms with Crippen molar-refractivity contribution < 1.29 is 14.1 Å². The molecule has 10 heteroatoms. The van der Waals surface area contributed by atoms with Crippen LogP contribution in [-0.4, -0.2) is 66.9 Å². The number of aromatic nitrogens is 2. The van der Waals surface area contributed by atoms with Gasteiger partial charge in [0, 0.05) is 49.7 Å². The van der Waals surface area contributed by atoms with E-state index in [0.717, 1.165) is 18.4 Å². The van der Waals surface area contributed by atoms with Gasteiger partial charge in [-0.3, -0.25) is 4.99 Å². The first kappa shape index (κ1) is 20.9. The quantitative estimate of drug-likeness (QED) is 0.564. The molecule has 2 N–H and O–H groups in total. The number of guanidine groups is 1. The molecule has 9 nitrogen and oxygen atoms in total. The van der Waals surface area contributed by atoms with Gasteiger partial charge in [0.25, 0.3) is 0 Å². The largest absolute Gasteiger partial charge is 0.453 e. The molecule has 1 aliphatic heterocycles. The zero-order valence-corrected chi connectivity index (χ0v) is 17.3. The van der Waals surface area contributed by atoms with E-state index in [9.17, 15) is 4.79 Å². The molecule has 29 heavy (non-hydrogen) atoms. The number of hydrogen-bond acceptors (Lipinski definition) is 6. The highest BCUT2D eigenvalue weighted by molar-refractivity contribution is 6.30. The zero-order chi connectivity index (χ0) is 20.6. The van der Waals surface area contributed by atoms with E-state index < -0.39 is 0 Å². The number of likely N-dealkylation sites (tertiary alicyclic amines) is 1. The van der Waals surface area contributed by atoms with Crippen molar-refractivity contribution in [2.45, 2.75) is 25.3 Å². The van der Waals surface area contributed by atoms with Crippen LogP contribution < -0.4 is 10.6 Å². The molecule has 0 saturated carbocycles. The number of methoxy groups -OCH3 is 1. The molecule has 0 atom stereocenters. The molecular weight excluding hydrogens is 396 g/mol. The summed E-state index contributed by atoms with van der Waals surface area (Å²) < 4.78 is 10.1. The van der Waals surface area contributed by atoms with Gasteiger partial charge in [0.15, 0.2) is 5.96 Å². The lowest BCUT2D eigenvalue weighted by Crippen LogP contribution is -2.50. The first-order valence-electron chi connectivity index (χ1n) is 9.47. The predicted octanol–water partition coefficient (Wildman–Crippen LogP) is 2.33. The van der Waals surface area contributed by atoms with Crippen molar-refractivity contribution >= 4 is 23.7 Å². The fourth-order valence-corrected chi connectivity index (χ4v) is 3.21. The highest BCUT2D eigenvalue weighted by Gasteiger charge is 2.23. The fraction of sp³-hybridized carbons (Fsp3) is 0.474. The van der Waals surface area contributed by atoms with E-state index in [0.29, 0.717) is 48.8 Å². The third-order valence-corrected chi connectivity index (χ3v) is 4.95. The molecule has 1 amide bonds. The first-order valence-corrected chi connectivity index (χ1v) is 9.85. The van der Waals surface area contributed by atoms with Crippen LogP contribution in [0.15, 0.2) is 33.8 Å². The number of hydrogen-bond donors (Lipinski definition) is 2. The smallest absolute Gasteiger partial charge is 0.409 e. The van der Waals surface area contributed by atoms with Crippen LogP contribution in [0.2, 0.25) is 5.02 Å². The second-order valence-corrected chi connectivity index (χ2v) is 7.08. The van der Waals surface area contributed by atoms with Crippen LogP contribution in [0, 0.1) is 0 Å². The SMILES string of the molecule is CN=C(NCCc1nc(-c2ccc(Cl)cc2)no1)NC1CCN(C(=O)OC)CC1. The van der Waals surface area contributed by atoms with E-state index in [1.807, 2.05) is 12.1 Å². The van der Waals surface area contributed by atoms with Gasteiger partial charge in [-0.05, 0) is 37.1 Å². The summed E-state index contributed by atoms with van der Waals surface area (Å²) in [7, 11) is 3.13.